The SMILES string of the molecule is COc1cc2c(cc1OCc1cc(COc3cc4c(cc3OC)C(=O)N3c5ccccc5C[C@H]3C(O)N4)cc(NC(=O)CC(C)(C)S)c1)NC[C@@H]1Cc3ccccc3N1C2=O. The Balaban J connectivity index is 0.975. The van der Waals surface area contributed by atoms with Crippen LogP contribution in [0, 0.1) is 0 Å². The summed E-state index contributed by atoms with van der Waals surface area (Å²) < 4.78 is 23.7. The van der Waals surface area contributed by atoms with Crippen molar-refractivity contribution in [3.8, 4) is 23.0 Å². The van der Waals surface area contributed by atoms with Crippen LogP contribution in [0.4, 0.5) is 28.4 Å². The van der Waals surface area contributed by atoms with Gasteiger partial charge in [-0.2, -0.15) is 12.6 Å². The molecule has 0 saturated carbocycles. The second-order valence-corrected chi connectivity index (χ2v) is 17.7. The monoisotopic (exact) mass is 841 g/mol. The van der Waals surface area contributed by atoms with Gasteiger partial charge in [0, 0.05) is 46.9 Å². The molecule has 4 aliphatic heterocycles. The Labute approximate surface area is 359 Å². The Morgan fingerprint density at radius 3 is 1.95 bits per heavy atom. The lowest BCUT2D eigenvalue weighted by Crippen LogP contribution is -2.45. The molecule has 61 heavy (non-hydrogen) atoms. The van der Waals surface area contributed by atoms with Crippen LogP contribution < -0.4 is 44.7 Å². The third-order valence-electron chi connectivity index (χ3n) is 11.5. The number of hydrogen-bond donors (Lipinski definition) is 5. The van der Waals surface area contributed by atoms with Gasteiger partial charge in [-0.25, -0.2) is 0 Å². The van der Waals surface area contributed by atoms with E-state index >= 15 is 0 Å². The number of aliphatic hydroxyl groups is 1. The maximum absolute atomic E-state index is 14.0. The fourth-order valence-electron chi connectivity index (χ4n) is 8.77. The van der Waals surface area contributed by atoms with Gasteiger partial charge in [-0.15, -0.1) is 0 Å². The summed E-state index contributed by atoms with van der Waals surface area (Å²) in [6.45, 7) is 4.46. The van der Waals surface area contributed by atoms with Gasteiger partial charge in [0.1, 0.15) is 19.4 Å². The fourth-order valence-corrected chi connectivity index (χ4v) is 8.92. The molecule has 0 saturated heterocycles. The molecule has 4 aliphatic rings. The van der Waals surface area contributed by atoms with Crippen LogP contribution >= 0.6 is 12.6 Å². The first-order chi connectivity index (χ1) is 29.4. The van der Waals surface area contributed by atoms with Crippen LogP contribution in [0.3, 0.4) is 0 Å². The Bertz CT molecular complexity index is 2580. The molecule has 4 N–H and O–H groups in total. The van der Waals surface area contributed by atoms with Gasteiger partial charge < -0.3 is 49.8 Å². The van der Waals surface area contributed by atoms with Crippen LogP contribution in [-0.4, -0.2) is 66.7 Å². The summed E-state index contributed by atoms with van der Waals surface area (Å²) in [5, 5.41) is 20.9. The molecule has 1 unspecified atom stereocenters. The molecule has 314 valence electrons. The number of carbonyl (C=O) groups is 3. The molecule has 0 fully saturated rings. The van der Waals surface area contributed by atoms with Crippen LogP contribution in [0.25, 0.3) is 0 Å². The van der Waals surface area contributed by atoms with E-state index in [4.69, 9.17) is 18.9 Å². The van der Waals surface area contributed by atoms with Crippen molar-refractivity contribution >= 4 is 58.8 Å². The summed E-state index contributed by atoms with van der Waals surface area (Å²) in [7, 11) is 3.04. The number of ether oxygens (including phenoxy) is 4. The Kier molecular flexibility index (Phi) is 10.4. The zero-order valence-electron chi connectivity index (χ0n) is 34.3. The highest BCUT2D eigenvalue weighted by molar-refractivity contribution is 7.81. The fraction of sp³-hybridized carbons (Fsp3) is 0.298. The summed E-state index contributed by atoms with van der Waals surface area (Å²) >= 11 is 4.55. The van der Waals surface area contributed by atoms with Crippen LogP contribution in [-0.2, 0) is 30.8 Å². The van der Waals surface area contributed by atoms with E-state index in [0.717, 1.165) is 34.5 Å². The minimum atomic E-state index is -1.03. The third-order valence-corrected chi connectivity index (χ3v) is 11.7. The lowest BCUT2D eigenvalue weighted by molar-refractivity contribution is -0.116. The Morgan fingerprint density at radius 1 is 0.770 bits per heavy atom. The summed E-state index contributed by atoms with van der Waals surface area (Å²) in [6, 6.07) is 27.5. The van der Waals surface area contributed by atoms with Gasteiger partial charge in [-0.05, 0) is 77.6 Å². The number of rotatable bonds is 11. The van der Waals surface area contributed by atoms with Gasteiger partial charge >= 0.3 is 0 Å². The molecule has 5 aromatic rings. The second kappa shape index (κ2) is 15.9. The number of fused-ring (bicyclic) bond motifs is 8. The first-order valence-corrected chi connectivity index (χ1v) is 20.7. The van der Waals surface area contributed by atoms with E-state index in [2.05, 4.69) is 34.6 Å². The van der Waals surface area contributed by atoms with Crippen molar-refractivity contribution in [1.82, 2.24) is 0 Å². The van der Waals surface area contributed by atoms with E-state index < -0.39 is 17.0 Å². The summed E-state index contributed by atoms with van der Waals surface area (Å²) in [5.41, 5.74) is 7.72. The third kappa shape index (κ3) is 7.77. The largest absolute Gasteiger partial charge is 0.493 e. The summed E-state index contributed by atoms with van der Waals surface area (Å²) in [5.74, 6) is 0.966. The highest BCUT2D eigenvalue weighted by Gasteiger charge is 2.42. The number of nitrogens with one attached hydrogen (secondary N) is 3. The number of aliphatic hydroxyl groups excluding tert-OH is 1. The summed E-state index contributed by atoms with van der Waals surface area (Å²) in [6.07, 6.45) is 0.423. The second-order valence-electron chi connectivity index (χ2n) is 16.5. The van der Waals surface area contributed by atoms with Crippen LogP contribution in [0.15, 0.2) is 91.0 Å². The maximum Gasteiger partial charge on any atom is 0.260 e. The quantitative estimate of drug-likeness (QED) is 0.0864. The molecule has 0 spiro atoms. The Hall–Kier alpha value is -6.38. The van der Waals surface area contributed by atoms with E-state index in [9.17, 15) is 19.5 Å². The molecular weight excluding hydrogens is 795 g/mol. The van der Waals surface area contributed by atoms with Crippen molar-refractivity contribution in [2.45, 2.75) is 69.4 Å². The van der Waals surface area contributed by atoms with Crippen molar-refractivity contribution < 1.29 is 38.4 Å². The van der Waals surface area contributed by atoms with Gasteiger partial charge in [-0.3, -0.25) is 14.4 Å². The minimum Gasteiger partial charge on any atom is -0.493 e. The van der Waals surface area contributed by atoms with Gasteiger partial charge in [0.05, 0.1) is 48.8 Å². The van der Waals surface area contributed by atoms with Gasteiger partial charge in [-0.1, -0.05) is 50.2 Å². The molecular formula is C47H47N5O8S. The van der Waals surface area contributed by atoms with E-state index in [1.165, 1.54) is 14.2 Å². The molecule has 0 aromatic heterocycles. The number of anilines is 5. The smallest absolute Gasteiger partial charge is 0.260 e. The average Bonchev–Trinajstić information content (AvgIpc) is 3.75. The number of amides is 3. The molecule has 0 bridgehead atoms. The lowest BCUT2D eigenvalue weighted by atomic mass is 10.1. The van der Waals surface area contributed by atoms with E-state index in [1.807, 2.05) is 79.4 Å². The predicted molar refractivity (Wildman–Crippen MR) is 237 cm³/mol. The normalized spacial score (nSPS) is 18.5. The number of carbonyl (C=O) groups excluding carboxylic acids is 3. The maximum atomic E-state index is 14.0. The molecule has 9 rings (SSSR count). The number of thiol groups is 1. The molecule has 0 radical (unpaired) electrons. The van der Waals surface area contributed by atoms with Crippen LogP contribution in [0.1, 0.15) is 63.2 Å². The van der Waals surface area contributed by atoms with E-state index in [0.29, 0.717) is 69.7 Å². The minimum absolute atomic E-state index is 0.0219. The Morgan fingerprint density at radius 2 is 1.33 bits per heavy atom. The lowest BCUT2D eigenvalue weighted by Gasteiger charge is -2.26. The van der Waals surface area contributed by atoms with E-state index in [1.54, 1.807) is 29.2 Å². The number of benzene rings is 5. The number of hydrogen-bond acceptors (Lipinski definition) is 11. The molecule has 4 heterocycles. The standard InChI is InChI=1S/C47H47N5O8S/c1-47(2,61)22-43(53)49-30-14-26(24-59-41-20-34-32(18-39(41)57-3)45(55)51-31(23-48-34)16-28-9-5-7-11-36(28)51)13-27(15-30)25-60-42-21-35-33(19-40(42)58-4)46(56)52-37-12-8-6-10-29(37)17-38(52)44(54)50-35/h5-15,18-21,31,38,44,48,50,54,61H,16-17,22-25H2,1-4H3,(H,49,53)/t31-,38-,44?/m0/s1. The van der Waals surface area contributed by atoms with Crippen molar-refractivity contribution in [3.63, 3.8) is 0 Å². The van der Waals surface area contributed by atoms with Gasteiger partial charge in [0.15, 0.2) is 23.0 Å². The first-order valence-electron chi connectivity index (χ1n) is 20.2. The van der Waals surface area contributed by atoms with Gasteiger partial charge in [0.2, 0.25) is 5.91 Å². The first kappa shape index (κ1) is 40.0. The van der Waals surface area contributed by atoms with Crippen LogP contribution in [0.5, 0.6) is 23.0 Å². The van der Waals surface area contributed by atoms with Crippen LogP contribution in [0.2, 0.25) is 0 Å². The highest BCUT2D eigenvalue weighted by Crippen LogP contribution is 2.43. The van der Waals surface area contributed by atoms with Crippen molar-refractivity contribution in [1.29, 1.82) is 0 Å². The topological polar surface area (TPSA) is 151 Å². The number of nitrogens with zero attached hydrogens (tertiary/aromatic N) is 2. The molecule has 13 nitrogen and oxygen atoms in total. The average molecular weight is 842 g/mol. The molecule has 14 heteroatoms. The van der Waals surface area contributed by atoms with E-state index in [-0.39, 0.29) is 43.4 Å². The zero-order chi connectivity index (χ0) is 42.6. The van der Waals surface area contributed by atoms with Gasteiger partial charge in [0.25, 0.3) is 11.8 Å². The highest BCUT2D eigenvalue weighted by atomic mass is 32.1. The predicted octanol–water partition coefficient (Wildman–Crippen LogP) is 7.21. The van der Waals surface area contributed by atoms with Crippen molar-refractivity contribution in [2.75, 3.05) is 46.5 Å². The zero-order valence-corrected chi connectivity index (χ0v) is 35.2. The molecule has 0 aliphatic carbocycles. The summed E-state index contributed by atoms with van der Waals surface area (Å²) in [4.78, 5) is 44.6. The van der Waals surface area contributed by atoms with Crippen molar-refractivity contribution in [2.24, 2.45) is 0 Å². The molecule has 3 atom stereocenters. The number of para-hydroxylation sites is 2. The molecule has 3 amide bonds. The number of methoxy groups -OCH3 is 2. The van der Waals surface area contributed by atoms with Crippen molar-refractivity contribution in [3.05, 3.63) is 124 Å². The molecule has 5 aromatic carbocycles.